The fraction of sp³-hybridized carbons (Fsp3) is 0.267. The predicted octanol–water partition coefficient (Wildman–Crippen LogP) is 3.42. The first-order chi connectivity index (χ1) is 10.1. The van der Waals surface area contributed by atoms with E-state index in [4.69, 9.17) is 5.73 Å². The number of hydrogen-bond acceptors (Lipinski definition) is 3. The summed E-state index contributed by atoms with van der Waals surface area (Å²) in [5.41, 5.74) is 6.62. The van der Waals surface area contributed by atoms with Crippen LogP contribution in [0, 0.1) is 11.6 Å². The van der Waals surface area contributed by atoms with E-state index in [2.05, 4.69) is 5.32 Å². The fourth-order valence-electron chi connectivity index (χ4n) is 2.63. The number of halogens is 2. The number of nitrogen functional groups attached to an aromatic ring is 1. The van der Waals surface area contributed by atoms with Crippen LogP contribution in [0.15, 0.2) is 23.6 Å². The van der Waals surface area contributed by atoms with Crippen molar-refractivity contribution in [1.82, 2.24) is 5.32 Å². The van der Waals surface area contributed by atoms with Crippen LogP contribution >= 0.6 is 11.3 Å². The molecule has 3 N–H and O–H groups in total. The van der Waals surface area contributed by atoms with Crippen LogP contribution in [0.3, 0.4) is 0 Å². The Kier molecular flexibility index (Phi) is 3.63. The molecule has 0 saturated heterocycles. The lowest BCUT2D eigenvalue weighted by atomic mass is 9.93. The zero-order valence-electron chi connectivity index (χ0n) is 11.2. The minimum Gasteiger partial charge on any atom is -0.398 e. The van der Waals surface area contributed by atoms with E-state index in [-0.39, 0.29) is 17.3 Å². The summed E-state index contributed by atoms with van der Waals surface area (Å²) < 4.78 is 26.3. The van der Waals surface area contributed by atoms with Gasteiger partial charge in [-0.05, 0) is 42.3 Å². The van der Waals surface area contributed by atoms with Crippen molar-refractivity contribution in [2.45, 2.75) is 25.3 Å². The van der Waals surface area contributed by atoms with Crippen molar-refractivity contribution in [2.24, 2.45) is 0 Å². The van der Waals surface area contributed by atoms with Gasteiger partial charge in [-0.15, -0.1) is 11.3 Å². The molecule has 21 heavy (non-hydrogen) atoms. The van der Waals surface area contributed by atoms with Gasteiger partial charge in [0.1, 0.15) is 0 Å². The van der Waals surface area contributed by atoms with Crippen LogP contribution in [-0.4, -0.2) is 5.91 Å². The molecule has 110 valence electrons. The van der Waals surface area contributed by atoms with Gasteiger partial charge < -0.3 is 11.1 Å². The third kappa shape index (κ3) is 2.63. The minimum absolute atomic E-state index is 0.0312. The molecule has 6 heteroatoms. The number of nitrogens with two attached hydrogens (primary N) is 1. The highest BCUT2D eigenvalue weighted by Gasteiger charge is 2.24. The monoisotopic (exact) mass is 308 g/mol. The van der Waals surface area contributed by atoms with Gasteiger partial charge in [0.25, 0.3) is 5.91 Å². The molecule has 1 amide bonds. The Bertz CT molecular complexity index is 699. The second-order valence-corrected chi connectivity index (χ2v) is 6.07. The number of carbonyl (C=O) groups is 1. The summed E-state index contributed by atoms with van der Waals surface area (Å²) in [4.78, 5) is 13.5. The molecule has 1 aliphatic rings. The molecule has 1 aliphatic carbocycles. The molecule has 0 bridgehead atoms. The smallest absolute Gasteiger partial charge is 0.253 e. The van der Waals surface area contributed by atoms with Gasteiger partial charge in [0, 0.05) is 16.6 Å². The summed E-state index contributed by atoms with van der Waals surface area (Å²) in [6, 6.07) is 3.58. The molecule has 2 aromatic rings. The van der Waals surface area contributed by atoms with E-state index in [1.807, 2.05) is 11.4 Å². The molecule has 1 unspecified atom stereocenters. The summed E-state index contributed by atoms with van der Waals surface area (Å²) >= 11 is 1.67. The first kappa shape index (κ1) is 14.0. The van der Waals surface area contributed by atoms with Crippen molar-refractivity contribution in [3.63, 3.8) is 0 Å². The van der Waals surface area contributed by atoms with E-state index in [0.717, 1.165) is 37.0 Å². The van der Waals surface area contributed by atoms with Crippen molar-refractivity contribution < 1.29 is 13.6 Å². The fourth-order valence-corrected chi connectivity index (χ4v) is 3.62. The number of anilines is 1. The molecule has 0 saturated carbocycles. The average molecular weight is 308 g/mol. The average Bonchev–Trinajstić information content (AvgIpc) is 2.92. The van der Waals surface area contributed by atoms with Gasteiger partial charge in [0.2, 0.25) is 0 Å². The van der Waals surface area contributed by atoms with Crippen LogP contribution < -0.4 is 11.1 Å². The molecule has 0 fully saturated rings. The number of nitrogens with one attached hydrogen (secondary N) is 1. The number of amides is 1. The lowest BCUT2D eigenvalue weighted by Crippen LogP contribution is -2.31. The van der Waals surface area contributed by atoms with Crippen molar-refractivity contribution in [2.75, 3.05) is 5.73 Å². The Balaban J connectivity index is 1.84. The van der Waals surface area contributed by atoms with Crippen LogP contribution in [0.4, 0.5) is 14.5 Å². The molecule has 3 rings (SSSR count). The van der Waals surface area contributed by atoms with Crippen molar-refractivity contribution in [3.05, 3.63) is 51.2 Å². The summed E-state index contributed by atoms with van der Waals surface area (Å²) in [5, 5.41) is 4.86. The maximum absolute atomic E-state index is 13.3. The quantitative estimate of drug-likeness (QED) is 0.835. The Hall–Kier alpha value is -1.95. The first-order valence-electron chi connectivity index (χ1n) is 6.68. The van der Waals surface area contributed by atoms with Crippen LogP contribution in [0.25, 0.3) is 0 Å². The molecule has 3 nitrogen and oxygen atoms in total. The Morgan fingerprint density at radius 1 is 1.33 bits per heavy atom. The maximum atomic E-state index is 13.3. The van der Waals surface area contributed by atoms with E-state index in [0.29, 0.717) is 0 Å². The third-order valence-corrected chi connectivity index (χ3v) is 4.69. The third-order valence-electron chi connectivity index (χ3n) is 3.69. The summed E-state index contributed by atoms with van der Waals surface area (Å²) in [6.45, 7) is 0. The minimum atomic E-state index is -1.07. The standard InChI is InChI=1S/C15H14F2N2OS/c16-10-6-9(12(18)7-11(10)17)15(20)19-13-2-1-3-14-8(13)4-5-21-14/h4-7,13H,1-3,18H2,(H,19,20). The molecule has 1 heterocycles. The molecule has 0 spiro atoms. The molecule has 1 aromatic heterocycles. The lowest BCUT2D eigenvalue weighted by Gasteiger charge is -2.24. The zero-order chi connectivity index (χ0) is 15.0. The van der Waals surface area contributed by atoms with E-state index < -0.39 is 17.5 Å². The van der Waals surface area contributed by atoms with Gasteiger partial charge in [-0.25, -0.2) is 8.78 Å². The van der Waals surface area contributed by atoms with Gasteiger partial charge >= 0.3 is 0 Å². The summed E-state index contributed by atoms with van der Waals surface area (Å²) in [5.74, 6) is -2.61. The van der Waals surface area contributed by atoms with Crippen molar-refractivity contribution in [3.8, 4) is 0 Å². The molecule has 0 aliphatic heterocycles. The number of hydrogen-bond donors (Lipinski definition) is 2. The SMILES string of the molecule is Nc1cc(F)c(F)cc1C(=O)NC1CCCc2sccc21. The molecule has 0 radical (unpaired) electrons. The Morgan fingerprint density at radius 2 is 2.10 bits per heavy atom. The number of thiophene rings is 1. The van der Waals surface area contributed by atoms with Crippen LogP contribution in [0.2, 0.25) is 0 Å². The van der Waals surface area contributed by atoms with Gasteiger partial charge in [0.15, 0.2) is 11.6 Å². The van der Waals surface area contributed by atoms with Gasteiger partial charge in [-0.2, -0.15) is 0 Å². The largest absolute Gasteiger partial charge is 0.398 e. The molecular weight excluding hydrogens is 294 g/mol. The van der Waals surface area contributed by atoms with Gasteiger partial charge in [-0.1, -0.05) is 0 Å². The topological polar surface area (TPSA) is 55.1 Å². The molecule has 1 aromatic carbocycles. The van der Waals surface area contributed by atoms with Crippen LogP contribution in [0.1, 0.15) is 39.7 Å². The van der Waals surface area contributed by atoms with Crippen LogP contribution in [-0.2, 0) is 6.42 Å². The number of fused-ring (bicyclic) bond motifs is 1. The Morgan fingerprint density at radius 3 is 2.90 bits per heavy atom. The first-order valence-corrected chi connectivity index (χ1v) is 7.56. The van der Waals surface area contributed by atoms with Crippen LogP contribution in [0.5, 0.6) is 0 Å². The van der Waals surface area contributed by atoms with Gasteiger partial charge in [0.05, 0.1) is 11.6 Å². The zero-order valence-corrected chi connectivity index (χ0v) is 12.0. The highest BCUT2D eigenvalue weighted by molar-refractivity contribution is 7.10. The van der Waals surface area contributed by atoms with E-state index in [1.54, 1.807) is 11.3 Å². The van der Waals surface area contributed by atoms with E-state index >= 15 is 0 Å². The van der Waals surface area contributed by atoms with Crippen molar-refractivity contribution >= 4 is 22.9 Å². The summed E-state index contributed by atoms with van der Waals surface area (Å²) in [6.07, 6.45) is 2.84. The summed E-state index contributed by atoms with van der Waals surface area (Å²) in [7, 11) is 0. The van der Waals surface area contributed by atoms with E-state index in [1.165, 1.54) is 4.88 Å². The second-order valence-electron chi connectivity index (χ2n) is 5.07. The normalized spacial score (nSPS) is 17.3. The highest BCUT2D eigenvalue weighted by atomic mass is 32.1. The molecule has 1 atom stereocenters. The van der Waals surface area contributed by atoms with E-state index in [9.17, 15) is 13.6 Å². The van der Waals surface area contributed by atoms with Crippen molar-refractivity contribution in [1.29, 1.82) is 0 Å². The second kappa shape index (κ2) is 5.44. The Labute approximate surface area is 124 Å². The highest BCUT2D eigenvalue weighted by Crippen LogP contribution is 2.33. The maximum Gasteiger partial charge on any atom is 0.253 e. The lowest BCUT2D eigenvalue weighted by molar-refractivity contribution is 0.0933. The number of benzene rings is 1. The molecular formula is C15H14F2N2OS. The van der Waals surface area contributed by atoms with Gasteiger partial charge in [-0.3, -0.25) is 4.79 Å². The predicted molar refractivity (Wildman–Crippen MR) is 78.2 cm³/mol. The number of aryl methyl sites for hydroxylation is 1. The number of carbonyl (C=O) groups excluding carboxylic acids is 1. The number of rotatable bonds is 2.